The molecule has 2 aromatic rings. The van der Waals surface area contributed by atoms with E-state index >= 15 is 0 Å². The van der Waals surface area contributed by atoms with E-state index in [-0.39, 0.29) is 34.3 Å². The number of ether oxygens (including phenoxy) is 1. The Hall–Kier alpha value is -2.41. The van der Waals surface area contributed by atoms with Crippen LogP contribution in [0.25, 0.3) is 0 Å². The Morgan fingerprint density at radius 2 is 1.77 bits per heavy atom. The number of thiazole rings is 1. The van der Waals surface area contributed by atoms with Crippen molar-refractivity contribution < 1.29 is 19.4 Å². The zero-order valence-electron chi connectivity index (χ0n) is 24.7. The number of nitrogens with zero attached hydrogens (tertiary/aromatic N) is 3. The highest BCUT2D eigenvalue weighted by Crippen LogP contribution is 2.39. The maximum Gasteiger partial charge on any atom is 0.348 e. The average Bonchev–Trinajstić information content (AvgIpc) is 3.50. The van der Waals surface area contributed by atoms with Gasteiger partial charge in [-0.15, -0.1) is 11.3 Å². The minimum absolute atomic E-state index is 0.0386. The van der Waals surface area contributed by atoms with Crippen LogP contribution in [-0.2, 0) is 11.3 Å². The van der Waals surface area contributed by atoms with Gasteiger partial charge in [0.15, 0.2) is 0 Å². The molecule has 2 saturated carbocycles. The van der Waals surface area contributed by atoms with Gasteiger partial charge in [-0.2, -0.15) is 0 Å². The maximum atomic E-state index is 14.1. The first-order valence-electron chi connectivity index (χ1n) is 14.4. The molecule has 2 fully saturated rings. The zero-order chi connectivity index (χ0) is 29.0. The number of thiophene rings is 1. The summed E-state index contributed by atoms with van der Waals surface area (Å²) in [6.45, 7) is 9.11. The van der Waals surface area contributed by atoms with Crippen molar-refractivity contribution in [2.75, 3.05) is 19.0 Å². The molecule has 2 aromatic heterocycles. The summed E-state index contributed by atoms with van der Waals surface area (Å²) >= 11 is 2.70. The molecule has 40 heavy (non-hydrogen) atoms. The predicted molar refractivity (Wildman–Crippen MR) is 162 cm³/mol. The fourth-order valence-electron chi connectivity index (χ4n) is 5.53. The lowest BCUT2D eigenvalue weighted by molar-refractivity contribution is -0.124. The molecule has 0 radical (unpaired) electrons. The van der Waals surface area contributed by atoms with Crippen LogP contribution in [0, 0.1) is 29.1 Å². The van der Waals surface area contributed by atoms with Crippen LogP contribution < -0.4 is 9.64 Å². The lowest BCUT2D eigenvalue weighted by Crippen LogP contribution is -2.47. The first kappa shape index (κ1) is 30.5. The van der Waals surface area contributed by atoms with Gasteiger partial charge < -0.3 is 19.6 Å². The van der Waals surface area contributed by atoms with Gasteiger partial charge in [-0.05, 0) is 98.2 Å². The number of rotatable bonds is 8. The SMILES string of the molecule is CN(C)Cc1csc(O[C@H]2CC[C@H](N(c3cc(C#CC(C)(C)C)sc3C(=O)O)C(=O)[C@H]3CC[C@H](C)CC3)CC2)n1. The van der Waals surface area contributed by atoms with Crippen molar-refractivity contribution in [2.24, 2.45) is 17.3 Å². The van der Waals surface area contributed by atoms with Crippen molar-refractivity contribution in [3.63, 3.8) is 0 Å². The average molecular weight is 586 g/mol. The molecule has 2 aliphatic rings. The number of carboxylic acids is 1. The molecule has 0 spiro atoms. The summed E-state index contributed by atoms with van der Waals surface area (Å²) < 4.78 is 6.24. The Labute approximate surface area is 246 Å². The second-order valence-corrected chi connectivity index (χ2v) is 14.6. The molecule has 0 aromatic carbocycles. The van der Waals surface area contributed by atoms with Crippen LogP contribution in [0.3, 0.4) is 0 Å². The number of amides is 1. The predicted octanol–water partition coefficient (Wildman–Crippen LogP) is 6.91. The fraction of sp³-hybridized carbons (Fsp3) is 0.645. The molecule has 1 N–H and O–H groups in total. The Balaban J connectivity index is 1.56. The van der Waals surface area contributed by atoms with Crippen LogP contribution in [0.1, 0.15) is 99.3 Å². The molecule has 2 heterocycles. The van der Waals surface area contributed by atoms with E-state index in [4.69, 9.17) is 4.74 Å². The third-order valence-electron chi connectivity index (χ3n) is 7.61. The molecule has 7 nitrogen and oxygen atoms in total. The van der Waals surface area contributed by atoms with Crippen LogP contribution in [0.15, 0.2) is 11.4 Å². The first-order valence-corrected chi connectivity index (χ1v) is 16.1. The molecule has 0 atom stereocenters. The van der Waals surface area contributed by atoms with Crippen molar-refractivity contribution in [3.05, 3.63) is 26.9 Å². The van der Waals surface area contributed by atoms with Crippen LogP contribution in [-0.4, -0.2) is 53.1 Å². The minimum atomic E-state index is -1.01. The molecular formula is C31H43N3O4S2. The summed E-state index contributed by atoms with van der Waals surface area (Å²) in [5.74, 6) is 6.01. The molecule has 9 heteroatoms. The van der Waals surface area contributed by atoms with Crippen LogP contribution >= 0.6 is 22.7 Å². The van der Waals surface area contributed by atoms with Crippen molar-refractivity contribution in [3.8, 4) is 17.0 Å². The summed E-state index contributed by atoms with van der Waals surface area (Å²) in [7, 11) is 4.04. The van der Waals surface area contributed by atoms with Crippen LogP contribution in [0.5, 0.6) is 5.19 Å². The van der Waals surface area contributed by atoms with Crippen LogP contribution in [0.2, 0.25) is 0 Å². The van der Waals surface area contributed by atoms with Gasteiger partial charge in [0.25, 0.3) is 5.19 Å². The Morgan fingerprint density at radius 3 is 2.38 bits per heavy atom. The Morgan fingerprint density at radius 1 is 1.10 bits per heavy atom. The van der Waals surface area contributed by atoms with E-state index in [1.807, 2.05) is 51.2 Å². The lowest BCUT2D eigenvalue weighted by atomic mass is 9.81. The highest BCUT2D eigenvalue weighted by Gasteiger charge is 2.38. The molecule has 2 aliphatic carbocycles. The van der Waals surface area contributed by atoms with E-state index in [2.05, 4.69) is 28.6 Å². The number of hydrogen-bond donors (Lipinski definition) is 1. The minimum Gasteiger partial charge on any atom is -0.477 e. The normalized spacial score (nSPS) is 23.4. The first-order chi connectivity index (χ1) is 18.9. The zero-order valence-corrected chi connectivity index (χ0v) is 26.3. The molecule has 218 valence electrons. The highest BCUT2D eigenvalue weighted by molar-refractivity contribution is 7.15. The van der Waals surface area contributed by atoms with E-state index in [0.717, 1.165) is 63.6 Å². The van der Waals surface area contributed by atoms with E-state index in [1.54, 1.807) is 0 Å². The molecule has 4 rings (SSSR count). The number of hydrogen-bond acceptors (Lipinski definition) is 7. The second-order valence-electron chi connectivity index (χ2n) is 12.7. The van der Waals surface area contributed by atoms with Gasteiger partial charge in [0, 0.05) is 29.3 Å². The van der Waals surface area contributed by atoms with Gasteiger partial charge >= 0.3 is 5.97 Å². The van der Waals surface area contributed by atoms with E-state index < -0.39 is 5.97 Å². The summed E-state index contributed by atoms with van der Waals surface area (Å²) in [5, 5.41) is 12.9. The molecule has 1 amide bonds. The largest absolute Gasteiger partial charge is 0.477 e. The van der Waals surface area contributed by atoms with Gasteiger partial charge in [0.05, 0.1) is 16.3 Å². The van der Waals surface area contributed by atoms with Gasteiger partial charge in [-0.3, -0.25) is 4.79 Å². The molecule has 0 saturated heterocycles. The number of aromatic nitrogens is 1. The number of carbonyl (C=O) groups is 2. The monoisotopic (exact) mass is 585 g/mol. The van der Waals surface area contributed by atoms with Crippen molar-refractivity contribution in [1.82, 2.24) is 9.88 Å². The summed E-state index contributed by atoms with van der Waals surface area (Å²) in [5.41, 5.74) is 1.31. The van der Waals surface area contributed by atoms with Gasteiger partial charge in [-0.1, -0.05) is 30.1 Å². The van der Waals surface area contributed by atoms with Gasteiger partial charge in [-0.25, -0.2) is 9.78 Å². The van der Waals surface area contributed by atoms with Crippen molar-refractivity contribution in [1.29, 1.82) is 0 Å². The molecular weight excluding hydrogens is 542 g/mol. The quantitative estimate of drug-likeness (QED) is 0.339. The van der Waals surface area contributed by atoms with E-state index in [1.165, 1.54) is 22.7 Å². The number of anilines is 1. The second kappa shape index (κ2) is 13.1. The van der Waals surface area contributed by atoms with Gasteiger partial charge in [0.1, 0.15) is 11.0 Å². The van der Waals surface area contributed by atoms with Crippen LogP contribution in [0.4, 0.5) is 5.69 Å². The number of carboxylic acid groups (broad SMARTS) is 1. The standard InChI is InChI=1S/C31H43N3O4S2/c1-20-7-9-21(10-8-20)28(35)34(26-17-25(15-16-31(2,3)4)40-27(26)29(36)37)23-11-13-24(14-12-23)38-30-32-22(19-39-30)18-33(5)6/h17,19-21,23-24H,7-14,18H2,1-6H3,(H,36,37)/t20-,21-,23-,24-. The smallest absolute Gasteiger partial charge is 0.348 e. The van der Waals surface area contributed by atoms with E-state index in [0.29, 0.717) is 21.7 Å². The number of carbonyl (C=O) groups excluding carboxylic acids is 1. The third kappa shape index (κ3) is 8.08. The summed E-state index contributed by atoms with van der Waals surface area (Å²) in [6, 6.07) is 1.77. The number of aromatic carboxylic acids is 1. The Kier molecular flexibility index (Phi) is 9.97. The highest BCUT2D eigenvalue weighted by atomic mass is 32.1. The fourth-order valence-corrected chi connectivity index (χ4v) is 7.09. The summed E-state index contributed by atoms with van der Waals surface area (Å²) in [4.78, 5) is 35.9. The lowest BCUT2D eigenvalue weighted by Gasteiger charge is -2.39. The molecule has 0 unspecified atom stereocenters. The molecule has 0 bridgehead atoms. The van der Waals surface area contributed by atoms with Gasteiger partial charge in [0.2, 0.25) is 5.91 Å². The topological polar surface area (TPSA) is 83.0 Å². The third-order valence-corrected chi connectivity index (χ3v) is 9.42. The maximum absolute atomic E-state index is 14.1. The van der Waals surface area contributed by atoms with Crippen molar-refractivity contribution in [2.45, 2.75) is 97.8 Å². The molecule has 0 aliphatic heterocycles. The van der Waals surface area contributed by atoms with Crippen molar-refractivity contribution >= 4 is 40.2 Å². The van der Waals surface area contributed by atoms with E-state index in [9.17, 15) is 14.7 Å². The summed E-state index contributed by atoms with van der Waals surface area (Å²) in [6.07, 6.45) is 6.93. The Bertz CT molecular complexity index is 1230.